The molecule has 0 saturated carbocycles. The summed E-state index contributed by atoms with van der Waals surface area (Å²) in [5.41, 5.74) is 3.27. The summed E-state index contributed by atoms with van der Waals surface area (Å²) in [5.74, 6) is 0.748. The third-order valence-corrected chi connectivity index (χ3v) is 5.25. The van der Waals surface area contributed by atoms with Gasteiger partial charge in [-0.3, -0.25) is 4.79 Å². The van der Waals surface area contributed by atoms with Crippen LogP contribution in [0.5, 0.6) is 5.75 Å². The lowest BCUT2D eigenvalue weighted by Crippen LogP contribution is -2.30. The lowest BCUT2D eigenvalue weighted by molar-refractivity contribution is 0.0679. The topological polar surface area (TPSA) is 47.6 Å². The standard InChI is InChI=1S/C22H25NO3/c24-22(23-21-9-3-6-16-5-1-2-8-20(16)21)17-10-12-18(13-11-17)26-15-19-7-4-14-25-19/h1-2,5,8,10-13,19,21H,3-4,6-7,9,14-15H2,(H,23,24)/t19-,21-/m0/s1. The van der Waals surface area contributed by atoms with E-state index in [2.05, 4.69) is 23.5 Å². The monoisotopic (exact) mass is 351 g/mol. The SMILES string of the molecule is O=C(N[C@H]1CCCc2ccccc21)c1ccc(OC[C@@H]2CCCO2)cc1. The summed E-state index contributed by atoms with van der Waals surface area (Å²) in [5, 5.41) is 3.19. The van der Waals surface area contributed by atoms with Crippen molar-refractivity contribution in [2.24, 2.45) is 0 Å². The van der Waals surface area contributed by atoms with E-state index in [-0.39, 0.29) is 18.1 Å². The highest BCUT2D eigenvalue weighted by atomic mass is 16.5. The van der Waals surface area contributed by atoms with Crippen LogP contribution < -0.4 is 10.1 Å². The molecule has 0 spiro atoms. The molecule has 1 amide bonds. The van der Waals surface area contributed by atoms with Crippen LogP contribution in [0.1, 0.15) is 53.2 Å². The van der Waals surface area contributed by atoms with Gasteiger partial charge in [0.05, 0.1) is 12.1 Å². The van der Waals surface area contributed by atoms with E-state index in [1.807, 2.05) is 30.3 Å². The van der Waals surface area contributed by atoms with Crippen molar-refractivity contribution in [2.75, 3.05) is 13.2 Å². The maximum atomic E-state index is 12.6. The van der Waals surface area contributed by atoms with Gasteiger partial charge in [-0.05, 0) is 67.5 Å². The van der Waals surface area contributed by atoms with E-state index in [0.29, 0.717) is 12.2 Å². The van der Waals surface area contributed by atoms with E-state index in [1.54, 1.807) is 0 Å². The second-order valence-electron chi connectivity index (χ2n) is 7.09. The van der Waals surface area contributed by atoms with E-state index in [9.17, 15) is 4.79 Å². The number of amides is 1. The number of carbonyl (C=O) groups is 1. The van der Waals surface area contributed by atoms with Crippen LogP contribution in [0.4, 0.5) is 0 Å². The summed E-state index contributed by atoms with van der Waals surface area (Å²) in [6.07, 6.45) is 5.56. The zero-order chi connectivity index (χ0) is 17.8. The third kappa shape index (κ3) is 3.91. The molecule has 2 aromatic carbocycles. The van der Waals surface area contributed by atoms with Gasteiger partial charge < -0.3 is 14.8 Å². The van der Waals surface area contributed by atoms with Gasteiger partial charge in [-0.2, -0.15) is 0 Å². The number of hydrogen-bond donors (Lipinski definition) is 1. The Morgan fingerprint density at radius 1 is 1.08 bits per heavy atom. The zero-order valence-electron chi connectivity index (χ0n) is 14.9. The van der Waals surface area contributed by atoms with Crippen molar-refractivity contribution in [1.82, 2.24) is 5.32 Å². The Labute approximate surface area is 154 Å². The number of aryl methyl sites for hydroxylation is 1. The average molecular weight is 351 g/mol. The largest absolute Gasteiger partial charge is 0.491 e. The van der Waals surface area contributed by atoms with Crippen LogP contribution in [0.3, 0.4) is 0 Å². The fourth-order valence-electron chi connectivity index (χ4n) is 3.81. The highest BCUT2D eigenvalue weighted by Gasteiger charge is 2.22. The smallest absolute Gasteiger partial charge is 0.251 e. The van der Waals surface area contributed by atoms with Crippen LogP contribution in [0.2, 0.25) is 0 Å². The van der Waals surface area contributed by atoms with Crippen LogP contribution in [0.15, 0.2) is 48.5 Å². The van der Waals surface area contributed by atoms with Gasteiger partial charge in [0, 0.05) is 12.2 Å². The molecule has 2 aliphatic rings. The predicted octanol–water partition coefficient (Wildman–Crippen LogP) is 4.05. The molecule has 1 N–H and O–H groups in total. The lowest BCUT2D eigenvalue weighted by Gasteiger charge is -2.26. The zero-order valence-corrected chi connectivity index (χ0v) is 14.9. The summed E-state index contributed by atoms with van der Waals surface area (Å²) in [6.45, 7) is 1.40. The molecule has 4 rings (SSSR count). The van der Waals surface area contributed by atoms with Gasteiger partial charge in [-0.25, -0.2) is 0 Å². The fourth-order valence-corrected chi connectivity index (χ4v) is 3.81. The first-order valence-corrected chi connectivity index (χ1v) is 9.53. The highest BCUT2D eigenvalue weighted by molar-refractivity contribution is 5.94. The Bertz CT molecular complexity index is 750. The molecule has 0 unspecified atom stereocenters. The second-order valence-corrected chi connectivity index (χ2v) is 7.09. The number of fused-ring (bicyclic) bond motifs is 1. The van der Waals surface area contributed by atoms with Crippen molar-refractivity contribution >= 4 is 5.91 Å². The van der Waals surface area contributed by atoms with Crippen molar-refractivity contribution in [3.05, 3.63) is 65.2 Å². The summed E-state index contributed by atoms with van der Waals surface area (Å²) in [4.78, 5) is 12.6. The Morgan fingerprint density at radius 3 is 2.73 bits per heavy atom. The highest BCUT2D eigenvalue weighted by Crippen LogP contribution is 2.29. The Hall–Kier alpha value is -2.33. The molecule has 0 bridgehead atoms. The molecule has 1 heterocycles. The van der Waals surface area contributed by atoms with E-state index in [4.69, 9.17) is 9.47 Å². The number of benzene rings is 2. The van der Waals surface area contributed by atoms with E-state index in [0.717, 1.165) is 44.5 Å². The maximum absolute atomic E-state index is 12.6. The van der Waals surface area contributed by atoms with Gasteiger partial charge in [0.15, 0.2) is 0 Å². The summed E-state index contributed by atoms with van der Waals surface area (Å²) in [6, 6.07) is 15.9. The molecule has 1 saturated heterocycles. The Kier molecular flexibility index (Phi) is 5.21. The quantitative estimate of drug-likeness (QED) is 0.884. The minimum atomic E-state index is -0.0302. The molecule has 1 aliphatic carbocycles. The van der Waals surface area contributed by atoms with Gasteiger partial charge >= 0.3 is 0 Å². The molecule has 26 heavy (non-hydrogen) atoms. The Balaban J connectivity index is 1.36. The van der Waals surface area contributed by atoms with Gasteiger partial charge in [0.1, 0.15) is 12.4 Å². The number of ether oxygens (including phenoxy) is 2. The van der Waals surface area contributed by atoms with E-state index < -0.39 is 0 Å². The van der Waals surface area contributed by atoms with Crippen molar-refractivity contribution in [2.45, 2.75) is 44.2 Å². The molecule has 2 aromatic rings. The predicted molar refractivity (Wildman–Crippen MR) is 100 cm³/mol. The summed E-state index contributed by atoms with van der Waals surface area (Å²) < 4.78 is 11.3. The number of carbonyl (C=O) groups excluding carboxylic acids is 1. The van der Waals surface area contributed by atoms with Gasteiger partial charge in [-0.1, -0.05) is 24.3 Å². The van der Waals surface area contributed by atoms with Gasteiger partial charge in [0.2, 0.25) is 0 Å². The Morgan fingerprint density at radius 2 is 1.92 bits per heavy atom. The number of nitrogens with one attached hydrogen (secondary N) is 1. The lowest BCUT2D eigenvalue weighted by atomic mass is 9.87. The van der Waals surface area contributed by atoms with Crippen molar-refractivity contribution in [3.8, 4) is 5.75 Å². The number of rotatable bonds is 5. The van der Waals surface area contributed by atoms with Crippen LogP contribution in [-0.2, 0) is 11.2 Å². The van der Waals surface area contributed by atoms with Crippen LogP contribution in [0.25, 0.3) is 0 Å². The molecule has 0 aromatic heterocycles. The average Bonchev–Trinajstić information content (AvgIpc) is 3.21. The second kappa shape index (κ2) is 7.92. The molecule has 2 atom stereocenters. The molecule has 4 heteroatoms. The van der Waals surface area contributed by atoms with Crippen molar-refractivity contribution in [1.29, 1.82) is 0 Å². The molecule has 1 fully saturated rings. The van der Waals surface area contributed by atoms with Gasteiger partial charge in [0.25, 0.3) is 5.91 Å². The number of hydrogen-bond acceptors (Lipinski definition) is 3. The third-order valence-electron chi connectivity index (χ3n) is 5.25. The van der Waals surface area contributed by atoms with Crippen LogP contribution in [-0.4, -0.2) is 25.2 Å². The first-order valence-electron chi connectivity index (χ1n) is 9.53. The normalized spacial score (nSPS) is 21.8. The minimum absolute atomic E-state index is 0.0302. The first-order chi connectivity index (χ1) is 12.8. The van der Waals surface area contributed by atoms with Crippen LogP contribution in [0, 0.1) is 0 Å². The molecular formula is C22H25NO3. The van der Waals surface area contributed by atoms with Crippen LogP contribution >= 0.6 is 0 Å². The first kappa shape index (κ1) is 17.1. The maximum Gasteiger partial charge on any atom is 0.251 e. The minimum Gasteiger partial charge on any atom is -0.491 e. The molecule has 4 nitrogen and oxygen atoms in total. The van der Waals surface area contributed by atoms with Crippen molar-refractivity contribution in [3.63, 3.8) is 0 Å². The summed E-state index contributed by atoms with van der Waals surface area (Å²) in [7, 11) is 0. The van der Waals surface area contributed by atoms with E-state index in [1.165, 1.54) is 11.1 Å². The van der Waals surface area contributed by atoms with E-state index >= 15 is 0 Å². The molecular weight excluding hydrogens is 326 g/mol. The summed E-state index contributed by atoms with van der Waals surface area (Å²) >= 11 is 0. The van der Waals surface area contributed by atoms with Gasteiger partial charge in [-0.15, -0.1) is 0 Å². The molecule has 136 valence electrons. The van der Waals surface area contributed by atoms with Crippen molar-refractivity contribution < 1.29 is 14.3 Å². The fraction of sp³-hybridized carbons (Fsp3) is 0.409. The molecule has 1 aliphatic heterocycles. The molecule has 0 radical (unpaired) electrons.